The first-order chi connectivity index (χ1) is 10.2. The van der Waals surface area contributed by atoms with Gasteiger partial charge in [0, 0.05) is 19.1 Å². The standard InChI is InChI=1S/C18H30N2O2/c1-13(2)16(20-17(21)22-18(4,5)6)12-19-11-15-9-7-8-14(3)10-15/h7-10,13,16,19H,11-12H2,1-6H3,(H,20,21)/t16-/m0/s1. The average molecular weight is 306 g/mol. The van der Waals surface area contributed by atoms with E-state index in [1.165, 1.54) is 11.1 Å². The van der Waals surface area contributed by atoms with Crippen LogP contribution in [0.25, 0.3) is 0 Å². The second kappa shape index (κ2) is 8.18. The van der Waals surface area contributed by atoms with Gasteiger partial charge in [-0.1, -0.05) is 43.7 Å². The fraction of sp³-hybridized carbons (Fsp3) is 0.611. The summed E-state index contributed by atoms with van der Waals surface area (Å²) in [5, 5.41) is 6.36. The number of ether oxygens (including phenoxy) is 1. The van der Waals surface area contributed by atoms with Crippen molar-refractivity contribution in [2.75, 3.05) is 6.54 Å². The predicted octanol–water partition coefficient (Wildman–Crippen LogP) is 3.63. The second-order valence-corrected chi connectivity index (χ2v) is 7.12. The Labute approximate surface area is 134 Å². The summed E-state index contributed by atoms with van der Waals surface area (Å²) < 4.78 is 5.32. The van der Waals surface area contributed by atoms with E-state index < -0.39 is 5.60 Å². The zero-order chi connectivity index (χ0) is 16.8. The summed E-state index contributed by atoms with van der Waals surface area (Å²) in [6.07, 6.45) is -0.358. The fourth-order valence-corrected chi connectivity index (χ4v) is 2.11. The van der Waals surface area contributed by atoms with Gasteiger partial charge in [-0.3, -0.25) is 0 Å². The van der Waals surface area contributed by atoms with Crippen molar-refractivity contribution in [3.05, 3.63) is 35.4 Å². The predicted molar refractivity (Wildman–Crippen MR) is 90.9 cm³/mol. The molecule has 1 aromatic carbocycles. The summed E-state index contributed by atoms with van der Waals surface area (Å²) in [4.78, 5) is 11.9. The minimum Gasteiger partial charge on any atom is -0.444 e. The van der Waals surface area contributed by atoms with Crippen LogP contribution in [0.3, 0.4) is 0 Å². The lowest BCUT2D eigenvalue weighted by Crippen LogP contribution is -2.46. The Balaban J connectivity index is 2.46. The third-order valence-electron chi connectivity index (χ3n) is 3.28. The van der Waals surface area contributed by atoms with Gasteiger partial charge in [0.2, 0.25) is 0 Å². The van der Waals surface area contributed by atoms with Gasteiger partial charge in [-0.2, -0.15) is 0 Å². The molecule has 0 saturated carbocycles. The maximum atomic E-state index is 11.9. The van der Waals surface area contributed by atoms with E-state index in [0.29, 0.717) is 12.5 Å². The molecule has 4 nitrogen and oxygen atoms in total. The van der Waals surface area contributed by atoms with Crippen molar-refractivity contribution in [1.82, 2.24) is 10.6 Å². The van der Waals surface area contributed by atoms with E-state index >= 15 is 0 Å². The van der Waals surface area contributed by atoms with Crippen molar-refractivity contribution in [3.8, 4) is 0 Å². The van der Waals surface area contributed by atoms with Crippen molar-refractivity contribution in [2.24, 2.45) is 5.92 Å². The summed E-state index contributed by atoms with van der Waals surface area (Å²) in [5.74, 6) is 0.331. The van der Waals surface area contributed by atoms with Gasteiger partial charge in [-0.05, 0) is 39.2 Å². The first kappa shape index (κ1) is 18.5. The summed E-state index contributed by atoms with van der Waals surface area (Å²) in [7, 11) is 0. The Morgan fingerprint density at radius 2 is 1.95 bits per heavy atom. The Morgan fingerprint density at radius 1 is 1.27 bits per heavy atom. The van der Waals surface area contributed by atoms with Gasteiger partial charge >= 0.3 is 6.09 Å². The molecule has 1 atom stereocenters. The molecule has 0 saturated heterocycles. The van der Waals surface area contributed by atoms with Gasteiger partial charge in [0.15, 0.2) is 0 Å². The molecule has 1 rings (SSSR count). The van der Waals surface area contributed by atoms with E-state index in [4.69, 9.17) is 4.74 Å². The maximum Gasteiger partial charge on any atom is 0.407 e. The van der Waals surface area contributed by atoms with Crippen LogP contribution in [0.2, 0.25) is 0 Å². The zero-order valence-corrected chi connectivity index (χ0v) is 14.7. The molecule has 0 aliphatic carbocycles. The molecular formula is C18H30N2O2. The summed E-state index contributed by atoms with van der Waals surface area (Å²) in [6, 6.07) is 8.46. The van der Waals surface area contributed by atoms with E-state index in [1.807, 2.05) is 20.8 Å². The monoisotopic (exact) mass is 306 g/mol. The zero-order valence-electron chi connectivity index (χ0n) is 14.7. The Kier molecular flexibility index (Phi) is 6.88. The molecule has 0 aliphatic rings. The highest BCUT2D eigenvalue weighted by Crippen LogP contribution is 2.09. The number of carbonyl (C=O) groups excluding carboxylic acids is 1. The molecule has 4 heteroatoms. The van der Waals surface area contributed by atoms with E-state index in [2.05, 4.69) is 55.7 Å². The van der Waals surface area contributed by atoms with Crippen LogP contribution in [0.4, 0.5) is 4.79 Å². The first-order valence-electron chi connectivity index (χ1n) is 7.93. The van der Waals surface area contributed by atoms with E-state index in [-0.39, 0.29) is 12.1 Å². The van der Waals surface area contributed by atoms with Gasteiger partial charge in [0.05, 0.1) is 0 Å². The minimum atomic E-state index is -0.472. The van der Waals surface area contributed by atoms with Crippen LogP contribution in [-0.2, 0) is 11.3 Å². The molecule has 124 valence electrons. The highest BCUT2D eigenvalue weighted by Gasteiger charge is 2.21. The number of alkyl carbamates (subject to hydrolysis) is 1. The molecule has 0 radical (unpaired) electrons. The van der Waals surface area contributed by atoms with Crippen molar-refractivity contribution in [3.63, 3.8) is 0 Å². The lowest BCUT2D eigenvalue weighted by atomic mass is 10.0. The molecule has 0 unspecified atom stereocenters. The largest absolute Gasteiger partial charge is 0.444 e. The summed E-state index contributed by atoms with van der Waals surface area (Å²) >= 11 is 0. The highest BCUT2D eigenvalue weighted by atomic mass is 16.6. The van der Waals surface area contributed by atoms with Crippen molar-refractivity contribution >= 4 is 6.09 Å². The Bertz CT molecular complexity index is 478. The SMILES string of the molecule is Cc1cccc(CNC[C@H](NC(=O)OC(C)(C)C)C(C)C)c1. The van der Waals surface area contributed by atoms with Crippen LogP contribution in [0.1, 0.15) is 45.7 Å². The third-order valence-corrected chi connectivity index (χ3v) is 3.28. The lowest BCUT2D eigenvalue weighted by molar-refractivity contribution is 0.0490. The number of carbonyl (C=O) groups is 1. The first-order valence-corrected chi connectivity index (χ1v) is 7.93. The minimum absolute atomic E-state index is 0.0414. The van der Waals surface area contributed by atoms with Crippen LogP contribution >= 0.6 is 0 Å². The van der Waals surface area contributed by atoms with Crippen LogP contribution in [0.15, 0.2) is 24.3 Å². The number of hydrogen-bond acceptors (Lipinski definition) is 3. The van der Waals surface area contributed by atoms with E-state index in [0.717, 1.165) is 6.54 Å². The molecule has 0 fully saturated rings. The van der Waals surface area contributed by atoms with Gasteiger partial charge in [-0.25, -0.2) is 4.79 Å². The smallest absolute Gasteiger partial charge is 0.407 e. The molecule has 0 aliphatic heterocycles. The van der Waals surface area contributed by atoms with Crippen LogP contribution in [-0.4, -0.2) is 24.3 Å². The number of nitrogens with one attached hydrogen (secondary N) is 2. The van der Waals surface area contributed by atoms with E-state index in [1.54, 1.807) is 0 Å². The average Bonchev–Trinajstić information content (AvgIpc) is 2.35. The van der Waals surface area contributed by atoms with Crippen molar-refractivity contribution in [2.45, 2.75) is 59.7 Å². The molecule has 2 N–H and O–H groups in total. The number of benzene rings is 1. The fourth-order valence-electron chi connectivity index (χ4n) is 2.11. The maximum absolute atomic E-state index is 11.9. The van der Waals surface area contributed by atoms with E-state index in [9.17, 15) is 4.79 Å². The quantitative estimate of drug-likeness (QED) is 0.843. The third kappa shape index (κ3) is 7.46. The summed E-state index contributed by atoms with van der Waals surface area (Å²) in [5.41, 5.74) is 2.03. The van der Waals surface area contributed by atoms with Crippen molar-refractivity contribution < 1.29 is 9.53 Å². The van der Waals surface area contributed by atoms with Crippen molar-refractivity contribution in [1.29, 1.82) is 0 Å². The number of hydrogen-bond donors (Lipinski definition) is 2. The molecule has 1 amide bonds. The topological polar surface area (TPSA) is 50.4 Å². The highest BCUT2D eigenvalue weighted by molar-refractivity contribution is 5.68. The molecule has 0 aromatic heterocycles. The summed E-state index contributed by atoms with van der Waals surface area (Å²) in [6.45, 7) is 13.4. The Hall–Kier alpha value is -1.55. The normalized spacial score (nSPS) is 13.0. The van der Waals surface area contributed by atoms with Crippen LogP contribution < -0.4 is 10.6 Å². The second-order valence-electron chi connectivity index (χ2n) is 7.12. The number of rotatable bonds is 6. The Morgan fingerprint density at radius 3 is 2.50 bits per heavy atom. The van der Waals surface area contributed by atoms with Crippen LogP contribution in [0, 0.1) is 12.8 Å². The van der Waals surface area contributed by atoms with Gasteiger partial charge in [-0.15, -0.1) is 0 Å². The molecule has 1 aromatic rings. The molecular weight excluding hydrogens is 276 g/mol. The molecule has 0 heterocycles. The molecule has 22 heavy (non-hydrogen) atoms. The molecule has 0 bridgehead atoms. The lowest BCUT2D eigenvalue weighted by Gasteiger charge is -2.26. The van der Waals surface area contributed by atoms with Crippen LogP contribution in [0.5, 0.6) is 0 Å². The number of amides is 1. The number of aryl methyl sites for hydroxylation is 1. The van der Waals surface area contributed by atoms with Gasteiger partial charge in [0.1, 0.15) is 5.60 Å². The molecule has 0 spiro atoms. The van der Waals surface area contributed by atoms with Gasteiger partial charge < -0.3 is 15.4 Å². The van der Waals surface area contributed by atoms with Gasteiger partial charge in [0.25, 0.3) is 0 Å².